The summed E-state index contributed by atoms with van der Waals surface area (Å²) >= 11 is 0. The second-order valence-corrected chi connectivity index (χ2v) is 4.88. The van der Waals surface area contributed by atoms with E-state index in [1.807, 2.05) is 0 Å². The van der Waals surface area contributed by atoms with Crippen LogP contribution in [-0.2, 0) is 9.53 Å². The average molecular weight is 322 g/mol. The van der Waals surface area contributed by atoms with Crippen LogP contribution in [0.15, 0.2) is 61.2 Å². The van der Waals surface area contributed by atoms with Gasteiger partial charge in [-0.05, 0) is 24.3 Å². The van der Waals surface area contributed by atoms with E-state index in [4.69, 9.17) is 4.74 Å². The number of aromatic nitrogens is 3. The zero-order valence-corrected chi connectivity index (χ0v) is 12.6. The fourth-order valence-electron chi connectivity index (χ4n) is 2.03. The maximum Gasteiger partial charge on any atom is 0.338 e. The Balaban J connectivity index is 1.54. The molecule has 2 heterocycles. The summed E-state index contributed by atoms with van der Waals surface area (Å²) in [6.07, 6.45) is 6.49. The molecular weight excluding hydrogens is 308 g/mol. The number of hydrogen-bond acceptors (Lipinski definition) is 5. The van der Waals surface area contributed by atoms with Gasteiger partial charge in [-0.25, -0.2) is 9.78 Å². The minimum atomic E-state index is -0.564. The Hall–Kier alpha value is -3.48. The standard InChI is InChI=1S/C17H14N4O3/c22-15(21-14-5-7-18-8-6-14)11-24-17(23)13-3-1-12(2-4-13)16-19-9-10-20-16/h1-10H,11H2,(H,19,20)(H,18,21,22). The molecule has 3 aromatic rings. The van der Waals surface area contributed by atoms with Gasteiger partial charge in [0.1, 0.15) is 5.82 Å². The number of carbonyl (C=O) groups is 2. The summed E-state index contributed by atoms with van der Waals surface area (Å²) in [5.41, 5.74) is 1.81. The molecule has 2 N–H and O–H groups in total. The van der Waals surface area contributed by atoms with Gasteiger partial charge in [0, 0.05) is 36.0 Å². The van der Waals surface area contributed by atoms with E-state index in [1.165, 1.54) is 0 Å². The molecule has 0 spiro atoms. The van der Waals surface area contributed by atoms with Crippen LogP contribution in [0.3, 0.4) is 0 Å². The van der Waals surface area contributed by atoms with Crippen LogP contribution in [0, 0.1) is 0 Å². The van der Waals surface area contributed by atoms with Gasteiger partial charge in [0.25, 0.3) is 5.91 Å². The van der Waals surface area contributed by atoms with Crippen molar-refractivity contribution in [3.63, 3.8) is 0 Å². The van der Waals surface area contributed by atoms with Crippen molar-refractivity contribution in [1.82, 2.24) is 15.0 Å². The van der Waals surface area contributed by atoms with Crippen molar-refractivity contribution >= 4 is 17.6 Å². The topological polar surface area (TPSA) is 97.0 Å². The van der Waals surface area contributed by atoms with Gasteiger partial charge < -0.3 is 15.0 Å². The molecule has 1 amide bonds. The molecule has 0 aliphatic rings. The molecule has 1 aromatic carbocycles. The number of benzene rings is 1. The van der Waals surface area contributed by atoms with Crippen molar-refractivity contribution in [3.8, 4) is 11.4 Å². The number of pyridine rings is 1. The van der Waals surface area contributed by atoms with E-state index in [0.717, 1.165) is 5.56 Å². The number of ether oxygens (including phenoxy) is 1. The van der Waals surface area contributed by atoms with Crippen molar-refractivity contribution in [1.29, 1.82) is 0 Å². The van der Waals surface area contributed by atoms with Crippen molar-refractivity contribution in [2.75, 3.05) is 11.9 Å². The number of rotatable bonds is 5. The van der Waals surface area contributed by atoms with Gasteiger partial charge in [0.05, 0.1) is 5.56 Å². The summed E-state index contributed by atoms with van der Waals surface area (Å²) < 4.78 is 5.00. The second kappa shape index (κ2) is 7.19. The number of anilines is 1. The first-order valence-corrected chi connectivity index (χ1v) is 7.19. The van der Waals surface area contributed by atoms with Crippen molar-refractivity contribution < 1.29 is 14.3 Å². The maximum absolute atomic E-state index is 12.0. The van der Waals surface area contributed by atoms with Crippen molar-refractivity contribution in [2.45, 2.75) is 0 Å². The van der Waals surface area contributed by atoms with Crippen LogP contribution in [0.25, 0.3) is 11.4 Å². The Morgan fingerprint density at radius 2 is 1.79 bits per heavy atom. The third kappa shape index (κ3) is 3.83. The molecule has 7 nitrogen and oxygen atoms in total. The summed E-state index contributed by atoms with van der Waals surface area (Å²) in [6, 6.07) is 10.1. The van der Waals surface area contributed by atoms with Gasteiger partial charge in [0.2, 0.25) is 0 Å². The van der Waals surface area contributed by atoms with Gasteiger partial charge in [0.15, 0.2) is 6.61 Å². The van der Waals surface area contributed by atoms with Crippen molar-refractivity contribution in [2.24, 2.45) is 0 Å². The highest BCUT2D eigenvalue weighted by molar-refractivity contribution is 5.95. The smallest absolute Gasteiger partial charge is 0.338 e. The molecule has 0 atom stereocenters. The number of H-pyrrole nitrogens is 1. The minimum absolute atomic E-state index is 0.360. The van der Waals surface area contributed by atoms with E-state index in [1.54, 1.807) is 61.2 Å². The third-order valence-electron chi connectivity index (χ3n) is 3.19. The molecule has 7 heteroatoms. The van der Waals surface area contributed by atoms with Gasteiger partial charge in [-0.3, -0.25) is 9.78 Å². The predicted octanol–water partition coefficient (Wildman–Crippen LogP) is 2.27. The number of carbonyl (C=O) groups excluding carboxylic acids is 2. The van der Waals surface area contributed by atoms with E-state index >= 15 is 0 Å². The quantitative estimate of drug-likeness (QED) is 0.702. The molecule has 120 valence electrons. The molecular formula is C17H14N4O3. The molecule has 24 heavy (non-hydrogen) atoms. The van der Waals surface area contributed by atoms with Gasteiger partial charge in [-0.15, -0.1) is 0 Å². The number of esters is 1. The Morgan fingerprint density at radius 1 is 1.04 bits per heavy atom. The first-order valence-electron chi connectivity index (χ1n) is 7.19. The lowest BCUT2D eigenvalue weighted by molar-refractivity contribution is -0.119. The van der Waals surface area contributed by atoms with Crippen LogP contribution in [-0.4, -0.2) is 33.4 Å². The summed E-state index contributed by atoms with van der Waals surface area (Å²) in [7, 11) is 0. The lowest BCUT2D eigenvalue weighted by Crippen LogP contribution is -2.20. The number of aromatic amines is 1. The first kappa shape index (κ1) is 15.4. The molecule has 0 saturated carbocycles. The van der Waals surface area contributed by atoms with Crippen LogP contribution in [0.1, 0.15) is 10.4 Å². The maximum atomic E-state index is 12.0. The molecule has 0 unspecified atom stereocenters. The van der Waals surface area contributed by atoms with Gasteiger partial charge >= 0.3 is 5.97 Å². The molecule has 2 aromatic heterocycles. The summed E-state index contributed by atoms with van der Waals surface area (Å²) in [6.45, 7) is -0.360. The Kier molecular flexibility index (Phi) is 4.62. The van der Waals surface area contributed by atoms with E-state index in [-0.39, 0.29) is 6.61 Å². The van der Waals surface area contributed by atoms with E-state index in [0.29, 0.717) is 17.1 Å². The third-order valence-corrected chi connectivity index (χ3v) is 3.19. The SMILES string of the molecule is O=C(COC(=O)c1ccc(-c2ncc[nH]2)cc1)Nc1ccncc1. The van der Waals surface area contributed by atoms with E-state index in [2.05, 4.69) is 20.3 Å². The molecule has 0 aliphatic heterocycles. The normalized spacial score (nSPS) is 10.2. The van der Waals surface area contributed by atoms with E-state index in [9.17, 15) is 9.59 Å². The molecule has 0 aliphatic carbocycles. The first-order chi connectivity index (χ1) is 11.7. The minimum Gasteiger partial charge on any atom is -0.452 e. The molecule has 0 radical (unpaired) electrons. The van der Waals surface area contributed by atoms with Crippen LogP contribution in [0.2, 0.25) is 0 Å². The predicted molar refractivity (Wildman–Crippen MR) is 87.2 cm³/mol. The molecule has 0 bridgehead atoms. The second-order valence-electron chi connectivity index (χ2n) is 4.88. The molecule has 0 fully saturated rings. The summed E-state index contributed by atoms with van der Waals surface area (Å²) in [5.74, 6) is -0.265. The van der Waals surface area contributed by atoms with Crippen LogP contribution in [0.4, 0.5) is 5.69 Å². The number of nitrogens with zero attached hydrogens (tertiary/aromatic N) is 2. The monoisotopic (exact) mass is 322 g/mol. The number of imidazole rings is 1. The van der Waals surface area contributed by atoms with Crippen LogP contribution >= 0.6 is 0 Å². The highest BCUT2D eigenvalue weighted by Crippen LogP contribution is 2.15. The lowest BCUT2D eigenvalue weighted by atomic mass is 10.1. The van der Waals surface area contributed by atoms with Crippen LogP contribution in [0.5, 0.6) is 0 Å². The van der Waals surface area contributed by atoms with Crippen molar-refractivity contribution in [3.05, 3.63) is 66.7 Å². The summed E-state index contributed by atoms with van der Waals surface area (Å²) in [4.78, 5) is 34.7. The van der Waals surface area contributed by atoms with Crippen LogP contribution < -0.4 is 5.32 Å². The van der Waals surface area contributed by atoms with E-state index < -0.39 is 11.9 Å². The average Bonchev–Trinajstić information content (AvgIpc) is 3.15. The number of hydrogen-bond donors (Lipinski definition) is 2. The Morgan fingerprint density at radius 3 is 2.46 bits per heavy atom. The fraction of sp³-hybridized carbons (Fsp3) is 0.0588. The number of amides is 1. The Labute approximate surface area is 137 Å². The fourth-order valence-corrected chi connectivity index (χ4v) is 2.03. The number of nitrogens with one attached hydrogen (secondary N) is 2. The van der Waals surface area contributed by atoms with Gasteiger partial charge in [-0.1, -0.05) is 12.1 Å². The zero-order valence-electron chi connectivity index (χ0n) is 12.6. The largest absolute Gasteiger partial charge is 0.452 e. The lowest BCUT2D eigenvalue weighted by Gasteiger charge is -2.06. The molecule has 3 rings (SSSR count). The highest BCUT2D eigenvalue weighted by atomic mass is 16.5. The highest BCUT2D eigenvalue weighted by Gasteiger charge is 2.11. The Bertz CT molecular complexity index is 815. The molecule has 0 saturated heterocycles. The summed E-state index contributed by atoms with van der Waals surface area (Å²) in [5, 5.41) is 2.61. The van der Waals surface area contributed by atoms with Gasteiger partial charge in [-0.2, -0.15) is 0 Å². The zero-order chi connectivity index (χ0) is 16.8.